The second kappa shape index (κ2) is 7.39. The highest BCUT2D eigenvalue weighted by atomic mass is 16.5. The summed E-state index contributed by atoms with van der Waals surface area (Å²) in [7, 11) is 1.69. The molecule has 1 aromatic carbocycles. The molecule has 3 heteroatoms. The Labute approximate surface area is 111 Å². The lowest BCUT2D eigenvalue weighted by molar-refractivity contribution is 0.186. The van der Waals surface area contributed by atoms with Gasteiger partial charge in [-0.1, -0.05) is 26.0 Å². The van der Waals surface area contributed by atoms with Crippen molar-refractivity contribution in [2.75, 3.05) is 20.2 Å². The molecule has 0 aliphatic carbocycles. The average molecular weight is 250 g/mol. The van der Waals surface area contributed by atoms with Gasteiger partial charge < -0.3 is 10.5 Å². The molecule has 0 aliphatic heterocycles. The fraction of sp³-hybridized carbons (Fsp3) is 0.600. The Kier molecular flexibility index (Phi) is 6.16. The van der Waals surface area contributed by atoms with E-state index in [0.717, 1.165) is 25.3 Å². The molecule has 0 heterocycles. The Balaban J connectivity index is 2.95. The molecule has 2 atom stereocenters. The number of likely N-dealkylation sites (N-methyl/N-ethyl adjacent to an activating group) is 1. The molecule has 0 spiro atoms. The van der Waals surface area contributed by atoms with Crippen LogP contribution in [0, 0.1) is 0 Å². The van der Waals surface area contributed by atoms with E-state index in [2.05, 4.69) is 37.8 Å². The fourth-order valence-electron chi connectivity index (χ4n) is 2.43. The Hall–Kier alpha value is -1.06. The normalized spacial score (nSPS) is 14.6. The zero-order chi connectivity index (χ0) is 13.5. The lowest BCUT2D eigenvalue weighted by Gasteiger charge is -2.33. The second-order valence-electron chi connectivity index (χ2n) is 4.71. The SMILES string of the molecule is CCCN(CC)C(c1ccc(OC)cc1)C(C)N. The van der Waals surface area contributed by atoms with Crippen LogP contribution in [0.15, 0.2) is 24.3 Å². The van der Waals surface area contributed by atoms with Gasteiger partial charge in [-0.15, -0.1) is 0 Å². The smallest absolute Gasteiger partial charge is 0.118 e. The number of nitrogens with two attached hydrogens (primary N) is 1. The van der Waals surface area contributed by atoms with E-state index in [1.54, 1.807) is 7.11 Å². The molecule has 2 unspecified atom stereocenters. The third-order valence-corrected chi connectivity index (χ3v) is 3.27. The predicted molar refractivity (Wildman–Crippen MR) is 76.9 cm³/mol. The summed E-state index contributed by atoms with van der Waals surface area (Å²) < 4.78 is 5.20. The minimum atomic E-state index is 0.116. The first-order valence-electron chi connectivity index (χ1n) is 6.77. The molecule has 0 amide bonds. The minimum Gasteiger partial charge on any atom is -0.497 e. The highest BCUT2D eigenvalue weighted by Crippen LogP contribution is 2.25. The molecular weight excluding hydrogens is 224 g/mol. The Morgan fingerprint density at radius 3 is 2.22 bits per heavy atom. The first kappa shape index (κ1) is 15.0. The van der Waals surface area contributed by atoms with Crippen LogP contribution in [-0.2, 0) is 0 Å². The van der Waals surface area contributed by atoms with Crippen molar-refractivity contribution in [1.29, 1.82) is 0 Å². The molecule has 0 fully saturated rings. The van der Waals surface area contributed by atoms with Gasteiger partial charge in [0.05, 0.1) is 7.11 Å². The van der Waals surface area contributed by atoms with Crippen LogP contribution in [0.3, 0.4) is 0 Å². The molecule has 2 N–H and O–H groups in total. The first-order chi connectivity index (χ1) is 8.63. The molecule has 0 aliphatic rings. The van der Waals surface area contributed by atoms with E-state index in [4.69, 9.17) is 10.5 Å². The van der Waals surface area contributed by atoms with E-state index in [1.165, 1.54) is 5.56 Å². The van der Waals surface area contributed by atoms with Crippen molar-refractivity contribution in [2.45, 2.75) is 39.3 Å². The number of methoxy groups -OCH3 is 1. The lowest BCUT2D eigenvalue weighted by atomic mass is 9.99. The van der Waals surface area contributed by atoms with E-state index < -0.39 is 0 Å². The maximum absolute atomic E-state index is 6.17. The van der Waals surface area contributed by atoms with Crippen LogP contribution in [0.2, 0.25) is 0 Å². The Morgan fingerprint density at radius 2 is 1.83 bits per heavy atom. The maximum atomic E-state index is 6.17. The Morgan fingerprint density at radius 1 is 1.22 bits per heavy atom. The minimum absolute atomic E-state index is 0.116. The van der Waals surface area contributed by atoms with E-state index >= 15 is 0 Å². The molecule has 0 bridgehead atoms. The first-order valence-corrected chi connectivity index (χ1v) is 6.77. The van der Waals surface area contributed by atoms with Crippen molar-refractivity contribution >= 4 is 0 Å². The van der Waals surface area contributed by atoms with E-state index in [9.17, 15) is 0 Å². The zero-order valence-corrected chi connectivity index (χ0v) is 12.0. The monoisotopic (exact) mass is 250 g/mol. The molecule has 0 saturated carbocycles. The molecule has 1 aromatic rings. The lowest BCUT2D eigenvalue weighted by Crippen LogP contribution is -2.39. The van der Waals surface area contributed by atoms with Crippen molar-refractivity contribution in [1.82, 2.24) is 4.90 Å². The predicted octanol–water partition coefficient (Wildman–Crippen LogP) is 2.82. The van der Waals surface area contributed by atoms with Gasteiger partial charge in [0.25, 0.3) is 0 Å². The van der Waals surface area contributed by atoms with Gasteiger partial charge >= 0.3 is 0 Å². The molecule has 0 aromatic heterocycles. The number of rotatable bonds is 7. The summed E-state index contributed by atoms with van der Waals surface area (Å²) in [4.78, 5) is 2.44. The third-order valence-electron chi connectivity index (χ3n) is 3.27. The van der Waals surface area contributed by atoms with Gasteiger partial charge in [0.2, 0.25) is 0 Å². The van der Waals surface area contributed by atoms with Crippen molar-refractivity contribution in [3.05, 3.63) is 29.8 Å². The Bertz CT molecular complexity index is 335. The van der Waals surface area contributed by atoms with Crippen LogP contribution in [-0.4, -0.2) is 31.1 Å². The zero-order valence-electron chi connectivity index (χ0n) is 12.0. The summed E-state index contributed by atoms with van der Waals surface area (Å²) in [5.74, 6) is 0.890. The van der Waals surface area contributed by atoms with Gasteiger partial charge in [0, 0.05) is 12.1 Å². The van der Waals surface area contributed by atoms with Gasteiger partial charge in [-0.05, 0) is 44.1 Å². The van der Waals surface area contributed by atoms with Crippen LogP contribution in [0.1, 0.15) is 38.8 Å². The molecular formula is C15H26N2O. The summed E-state index contributed by atoms with van der Waals surface area (Å²) >= 11 is 0. The van der Waals surface area contributed by atoms with E-state index in [-0.39, 0.29) is 12.1 Å². The van der Waals surface area contributed by atoms with Gasteiger partial charge in [-0.2, -0.15) is 0 Å². The third kappa shape index (κ3) is 3.72. The molecule has 3 nitrogen and oxygen atoms in total. The standard InChI is InChI=1S/C15H26N2O/c1-5-11-17(6-2)15(12(3)16)13-7-9-14(18-4)10-8-13/h7-10,12,15H,5-6,11,16H2,1-4H3. The number of hydrogen-bond acceptors (Lipinski definition) is 3. The van der Waals surface area contributed by atoms with E-state index in [1.807, 2.05) is 12.1 Å². The average Bonchev–Trinajstić information content (AvgIpc) is 2.38. The molecule has 0 saturated heterocycles. The van der Waals surface area contributed by atoms with Crippen LogP contribution < -0.4 is 10.5 Å². The number of ether oxygens (including phenoxy) is 1. The van der Waals surface area contributed by atoms with Crippen LogP contribution in [0.5, 0.6) is 5.75 Å². The molecule has 1 rings (SSSR count). The number of benzene rings is 1. The van der Waals surface area contributed by atoms with Crippen molar-refractivity contribution in [3.63, 3.8) is 0 Å². The van der Waals surface area contributed by atoms with Crippen LogP contribution >= 0.6 is 0 Å². The van der Waals surface area contributed by atoms with E-state index in [0.29, 0.717) is 0 Å². The molecule has 0 radical (unpaired) electrons. The van der Waals surface area contributed by atoms with Crippen molar-refractivity contribution < 1.29 is 4.74 Å². The molecule has 102 valence electrons. The highest BCUT2D eigenvalue weighted by molar-refractivity contribution is 5.29. The van der Waals surface area contributed by atoms with Gasteiger partial charge in [0.1, 0.15) is 5.75 Å². The topological polar surface area (TPSA) is 38.5 Å². The largest absolute Gasteiger partial charge is 0.497 e. The number of hydrogen-bond donors (Lipinski definition) is 1. The fourth-order valence-corrected chi connectivity index (χ4v) is 2.43. The second-order valence-corrected chi connectivity index (χ2v) is 4.71. The summed E-state index contributed by atoms with van der Waals surface area (Å²) in [5.41, 5.74) is 7.44. The maximum Gasteiger partial charge on any atom is 0.118 e. The summed E-state index contributed by atoms with van der Waals surface area (Å²) in [5, 5.41) is 0. The van der Waals surface area contributed by atoms with Crippen molar-refractivity contribution in [2.24, 2.45) is 5.73 Å². The van der Waals surface area contributed by atoms with Crippen LogP contribution in [0.25, 0.3) is 0 Å². The quantitative estimate of drug-likeness (QED) is 0.808. The van der Waals surface area contributed by atoms with Gasteiger partial charge in [-0.25, -0.2) is 0 Å². The van der Waals surface area contributed by atoms with Crippen LogP contribution in [0.4, 0.5) is 0 Å². The highest BCUT2D eigenvalue weighted by Gasteiger charge is 2.22. The number of nitrogens with zero attached hydrogens (tertiary/aromatic N) is 1. The molecule has 18 heavy (non-hydrogen) atoms. The van der Waals surface area contributed by atoms with Gasteiger partial charge in [0.15, 0.2) is 0 Å². The summed E-state index contributed by atoms with van der Waals surface area (Å²) in [6.07, 6.45) is 1.15. The van der Waals surface area contributed by atoms with Gasteiger partial charge in [-0.3, -0.25) is 4.90 Å². The summed E-state index contributed by atoms with van der Waals surface area (Å²) in [6, 6.07) is 8.64. The van der Waals surface area contributed by atoms with Crippen molar-refractivity contribution in [3.8, 4) is 5.75 Å². The summed E-state index contributed by atoms with van der Waals surface area (Å²) in [6.45, 7) is 8.57.